The van der Waals surface area contributed by atoms with E-state index in [9.17, 15) is 9.59 Å². The van der Waals surface area contributed by atoms with Crippen molar-refractivity contribution in [3.8, 4) is 11.5 Å². The van der Waals surface area contributed by atoms with Crippen molar-refractivity contribution in [2.24, 2.45) is 5.92 Å². The molecule has 2 aromatic carbocycles. The second-order valence-corrected chi connectivity index (χ2v) is 6.83. The van der Waals surface area contributed by atoms with Crippen LogP contribution in [0.4, 0.5) is 5.69 Å². The maximum absolute atomic E-state index is 12.6. The molecule has 3 rings (SSSR count). The number of benzene rings is 2. The van der Waals surface area contributed by atoms with Crippen molar-refractivity contribution >= 4 is 17.5 Å². The highest BCUT2D eigenvalue weighted by atomic mass is 16.5. The third-order valence-corrected chi connectivity index (χ3v) is 4.51. The van der Waals surface area contributed by atoms with E-state index >= 15 is 0 Å². The molecule has 0 bridgehead atoms. The summed E-state index contributed by atoms with van der Waals surface area (Å²) >= 11 is 0. The maximum atomic E-state index is 12.6. The van der Waals surface area contributed by atoms with Gasteiger partial charge in [0.1, 0.15) is 17.4 Å². The van der Waals surface area contributed by atoms with E-state index < -0.39 is 5.92 Å². The number of hydrogen-bond donors (Lipinski definition) is 1. The molecule has 1 heterocycles. The van der Waals surface area contributed by atoms with Crippen LogP contribution in [0.5, 0.6) is 11.5 Å². The molecule has 142 valence electrons. The van der Waals surface area contributed by atoms with Crippen molar-refractivity contribution in [1.82, 2.24) is 10.2 Å². The summed E-state index contributed by atoms with van der Waals surface area (Å²) in [6.07, 6.45) is 0.537. The first-order chi connectivity index (χ1) is 13.0. The predicted octanol–water partition coefficient (Wildman–Crippen LogP) is 2.51. The fraction of sp³-hybridized carbons (Fsp3) is 0.333. The van der Waals surface area contributed by atoms with Gasteiger partial charge in [0, 0.05) is 25.3 Å². The molecule has 6 nitrogen and oxygen atoms in total. The summed E-state index contributed by atoms with van der Waals surface area (Å²) in [5.41, 5.74) is 0.781. The van der Waals surface area contributed by atoms with Crippen molar-refractivity contribution in [3.05, 3.63) is 54.6 Å². The molecule has 0 unspecified atom stereocenters. The molecule has 1 N–H and O–H groups in total. The number of para-hydroxylation sites is 1. The van der Waals surface area contributed by atoms with E-state index in [0.29, 0.717) is 25.3 Å². The minimum absolute atomic E-state index is 0.144. The zero-order valence-corrected chi connectivity index (χ0v) is 15.7. The number of nitrogens with zero attached hydrogens (tertiary/aromatic N) is 2. The lowest BCUT2D eigenvalue weighted by Crippen LogP contribution is -2.39. The van der Waals surface area contributed by atoms with Crippen LogP contribution in [0.1, 0.15) is 6.42 Å². The van der Waals surface area contributed by atoms with Crippen LogP contribution < -0.4 is 15.0 Å². The quantitative estimate of drug-likeness (QED) is 0.764. The van der Waals surface area contributed by atoms with Gasteiger partial charge in [0.15, 0.2) is 0 Å². The van der Waals surface area contributed by atoms with Crippen molar-refractivity contribution < 1.29 is 14.3 Å². The number of amides is 2. The number of hydrogen-bond acceptors (Lipinski definition) is 4. The van der Waals surface area contributed by atoms with Crippen LogP contribution in [0.2, 0.25) is 0 Å². The zero-order valence-electron chi connectivity index (χ0n) is 15.7. The molecule has 0 radical (unpaired) electrons. The number of nitrogens with one attached hydrogen (secondary N) is 1. The van der Waals surface area contributed by atoms with Gasteiger partial charge < -0.3 is 19.9 Å². The molecule has 1 fully saturated rings. The Hall–Kier alpha value is -2.86. The van der Waals surface area contributed by atoms with Crippen LogP contribution in [-0.4, -0.2) is 50.4 Å². The average molecular weight is 367 g/mol. The predicted molar refractivity (Wildman–Crippen MR) is 105 cm³/mol. The summed E-state index contributed by atoms with van der Waals surface area (Å²) in [6.45, 7) is 1.84. The van der Waals surface area contributed by atoms with Crippen molar-refractivity contribution in [1.29, 1.82) is 0 Å². The first-order valence-electron chi connectivity index (χ1n) is 9.11. The van der Waals surface area contributed by atoms with Gasteiger partial charge in [-0.1, -0.05) is 18.2 Å². The van der Waals surface area contributed by atoms with Gasteiger partial charge in [-0.3, -0.25) is 9.59 Å². The largest absolute Gasteiger partial charge is 0.457 e. The lowest BCUT2D eigenvalue weighted by atomic mass is 10.1. The third-order valence-electron chi connectivity index (χ3n) is 4.51. The Kier molecular flexibility index (Phi) is 6.08. The highest BCUT2D eigenvalue weighted by molar-refractivity contribution is 6.09. The van der Waals surface area contributed by atoms with Crippen LogP contribution in [0.3, 0.4) is 0 Å². The summed E-state index contributed by atoms with van der Waals surface area (Å²) in [5.74, 6) is 0.529. The molecule has 1 aliphatic heterocycles. The molecular weight excluding hydrogens is 342 g/mol. The molecule has 1 atom stereocenters. The smallest absolute Gasteiger partial charge is 0.239 e. The third kappa shape index (κ3) is 4.86. The lowest BCUT2D eigenvalue weighted by Gasteiger charge is -2.17. The SMILES string of the molecule is CN(C)CCNC(=O)[C@@H]1CCN(c2ccc(Oc3ccccc3)cc2)C1=O. The number of ether oxygens (including phenoxy) is 1. The van der Waals surface area contributed by atoms with Gasteiger partial charge >= 0.3 is 0 Å². The van der Waals surface area contributed by atoms with Crippen LogP contribution in [0, 0.1) is 5.92 Å². The van der Waals surface area contributed by atoms with Gasteiger partial charge in [-0.2, -0.15) is 0 Å². The number of likely N-dealkylation sites (N-methyl/N-ethyl adjacent to an activating group) is 1. The van der Waals surface area contributed by atoms with Gasteiger partial charge in [0.05, 0.1) is 0 Å². The second-order valence-electron chi connectivity index (χ2n) is 6.83. The van der Waals surface area contributed by atoms with E-state index in [1.54, 1.807) is 4.90 Å². The van der Waals surface area contributed by atoms with Crippen LogP contribution in [0.25, 0.3) is 0 Å². The Morgan fingerprint density at radius 3 is 2.44 bits per heavy atom. The highest BCUT2D eigenvalue weighted by Gasteiger charge is 2.37. The molecular formula is C21H25N3O3. The molecule has 2 aromatic rings. The van der Waals surface area contributed by atoms with E-state index in [-0.39, 0.29) is 11.8 Å². The Morgan fingerprint density at radius 1 is 1.11 bits per heavy atom. The molecule has 27 heavy (non-hydrogen) atoms. The maximum Gasteiger partial charge on any atom is 0.239 e. The number of anilines is 1. The normalized spacial score (nSPS) is 16.6. The standard InChI is InChI=1S/C21H25N3O3/c1-23(2)15-13-22-20(25)19-12-14-24(21(19)26)16-8-10-18(11-9-16)27-17-6-4-3-5-7-17/h3-11,19H,12-15H2,1-2H3,(H,22,25)/t19-/m0/s1. The van der Waals surface area contributed by atoms with Gasteiger partial charge in [-0.25, -0.2) is 0 Å². The van der Waals surface area contributed by atoms with Crippen LogP contribution in [0.15, 0.2) is 54.6 Å². The van der Waals surface area contributed by atoms with E-state index in [0.717, 1.165) is 18.0 Å². The molecule has 6 heteroatoms. The number of rotatable bonds is 7. The Bertz CT molecular complexity index is 775. The van der Waals surface area contributed by atoms with Crippen molar-refractivity contribution in [2.75, 3.05) is 38.6 Å². The molecule has 0 saturated carbocycles. The summed E-state index contributed by atoms with van der Waals surface area (Å²) in [5, 5.41) is 2.85. The van der Waals surface area contributed by atoms with E-state index in [1.165, 1.54) is 0 Å². The van der Waals surface area contributed by atoms with E-state index in [1.807, 2.05) is 73.6 Å². The number of carbonyl (C=O) groups excluding carboxylic acids is 2. The van der Waals surface area contributed by atoms with E-state index in [2.05, 4.69) is 5.32 Å². The summed E-state index contributed by atoms with van der Waals surface area (Å²) in [4.78, 5) is 28.6. The average Bonchev–Trinajstić information content (AvgIpc) is 3.04. The summed E-state index contributed by atoms with van der Waals surface area (Å²) in [6, 6.07) is 16.9. The Balaban J connectivity index is 1.58. The molecule has 0 spiro atoms. The molecule has 1 saturated heterocycles. The molecule has 2 amide bonds. The first kappa shape index (κ1) is 18.9. The topological polar surface area (TPSA) is 61.9 Å². The fourth-order valence-electron chi connectivity index (χ4n) is 3.02. The molecule has 0 aromatic heterocycles. The van der Waals surface area contributed by atoms with Crippen molar-refractivity contribution in [2.45, 2.75) is 6.42 Å². The van der Waals surface area contributed by atoms with Crippen LogP contribution >= 0.6 is 0 Å². The fourth-order valence-corrected chi connectivity index (χ4v) is 3.02. The van der Waals surface area contributed by atoms with Gasteiger partial charge in [0.25, 0.3) is 0 Å². The minimum Gasteiger partial charge on any atom is -0.457 e. The summed E-state index contributed by atoms with van der Waals surface area (Å²) in [7, 11) is 3.89. The zero-order chi connectivity index (χ0) is 19.2. The first-order valence-corrected chi connectivity index (χ1v) is 9.11. The van der Waals surface area contributed by atoms with Gasteiger partial charge in [-0.05, 0) is 56.9 Å². The lowest BCUT2D eigenvalue weighted by molar-refractivity contribution is -0.132. The van der Waals surface area contributed by atoms with Crippen LogP contribution in [-0.2, 0) is 9.59 Å². The van der Waals surface area contributed by atoms with Gasteiger partial charge in [-0.15, -0.1) is 0 Å². The molecule has 0 aliphatic carbocycles. The molecule has 1 aliphatic rings. The van der Waals surface area contributed by atoms with E-state index in [4.69, 9.17) is 4.74 Å². The Labute approximate surface area is 159 Å². The Morgan fingerprint density at radius 2 is 1.78 bits per heavy atom. The second kappa shape index (κ2) is 8.68. The van der Waals surface area contributed by atoms with Gasteiger partial charge in [0.2, 0.25) is 11.8 Å². The monoisotopic (exact) mass is 367 g/mol. The van der Waals surface area contributed by atoms with Crippen molar-refractivity contribution in [3.63, 3.8) is 0 Å². The number of carbonyl (C=O) groups is 2. The summed E-state index contributed by atoms with van der Waals surface area (Å²) < 4.78 is 5.77. The minimum atomic E-state index is -0.604. The highest BCUT2D eigenvalue weighted by Crippen LogP contribution is 2.28.